The second kappa shape index (κ2) is 16.3. The molecule has 0 spiro atoms. The molecule has 0 unspecified atom stereocenters. The first-order chi connectivity index (χ1) is 26.2. The number of carbonyl (C=O) groups excluding carboxylic acids is 4. The number of benzene rings is 1. The number of esters is 1. The summed E-state index contributed by atoms with van der Waals surface area (Å²) in [6.45, 7) is 16.6. The van der Waals surface area contributed by atoms with Gasteiger partial charge in [-0.1, -0.05) is 59.8 Å². The zero-order valence-corrected chi connectivity index (χ0v) is 33.8. The molecule has 302 valence electrons. The summed E-state index contributed by atoms with van der Waals surface area (Å²) in [5.41, 5.74) is 0.0294. The number of aliphatic hydroxyl groups excluding tert-OH is 2. The number of aromatic amines is 1. The Bertz CT molecular complexity index is 2040. The molecule has 1 aromatic carbocycles. The Morgan fingerprint density at radius 2 is 1.68 bits per heavy atom. The lowest BCUT2D eigenvalue weighted by Gasteiger charge is -2.38. The van der Waals surface area contributed by atoms with Crippen LogP contribution in [0.3, 0.4) is 0 Å². The van der Waals surface area contributed by atoms with E-state index in [2.05, 4.69) is 9.98 Å². The maximum atomic E-state index is 14.4. The molecule has 0 saturated heterocycles. The lowest BCUT2D eigenvalue weighted by Crippen LogP contribution is -2.46. The van der Waals surface area contributed by atoms with E-state index in [-0.39, 0.29) is 56.6 Å². The van der Waals surface area contributed by atoms with Gasteiger partial charge in [0.05, 0.1) is 47.1 Å². The minimum Gasteiger partial charge on any atom is -0.507 e. The van der Waals surface area contributed by atoms with Gasteiger partial charge in [-0.2, -0.15) is 0 Å². The highest BCUT2D eigenvalue weighted by Gasteiger charge is 2.52. The van der Waals surface area contributed by atoms with Gasteiger partial charge < -0.3 is 39.3 Å². The van der Waals surface area contributed by atoms with E-state index in [9.17, 15) is 34.5 Å². The van der Waals surface area contributed by atoms with Gasteiger partial charge in [-0.05, 0) is 25.8 Å². The maximum Gasteiger partial charge on any atom is 0.312 e. The maximum absolute atomic E-state index is 14.4. The number of methoxy groups -OCH3 is 1. The highest BCUT2D eigenvalue weighted by Crippen LogP contribution is 2.51. The second-order valence-corrected chi connectivity index (χ2v) is 15.8. The molecule has 0 saturated carbocycles. The van der Waals surface area contributed by atoms with Gasteiger partial charge in [0, 0.05) is 67.7 Å². The summed E-state index contributed by atoms with van der Waals surface area (Å²) in [6, 6.07) is 0. The van der Waals surface area contributed by atoms with E-state index in [1.54, 1.807) is 39.8 Å². The molecule has 2 aliphatic heterocycles. The molecule has 56 heavy (non-hydrogen) atoms. The van der Waals surface area contributed by atoms with Crippen LogP contribution in [0.15, 0.2) is 41.1 Å². The van der Waals surface area contributed by atoms with Crippen LogP contribution in [0.5, 0.6) is 11.5 Å². The number of aromatic nitrogens is 2. The van der Waals surface area contributed by atoms with Crippen molar-refractivity contribution < 1.29 is 53.4 Å². The second-order valence-electron chi connectivity index (χ2n) is 15.8. The molecule has 4 N–H and O–H groups in total. The van der Waals surface area contributed by atoms with Crippen LogP contribution < -0.4 is 4.74 Å². The predicted octanol–water partition coefficient (Wildman–Crippen LogP) is 5.35. The van der Waals surface area contributed by atoms with E-state index < -0.39 is 83.1 Å². The number of Topliss-reactive ketones (excluding diaryl/α,β-unsaturated/α-hetero) is 2. The van der Waals surface area contributed by atoms with Crippen LogP contribution in [0, 0.1) is 36.5 Å². The van der Waals surface area contributed by atoms with Gasteiger partial charge in [0.15, 0.2) is 0 Å². The molecule has 1 aromatic heterocycles. The van der Waals surface area contributed by atoms with Gasteiger partial charge in [0.2, 0.25) is 5.78 Å². The molecule has 3 aliphatic rings. The van der Waals surface area contributed by atoms with Gasteiger partial charge in [-0.3, -0.25) is 19.2 Å². The predicted molar refractivity (Wildman–Crippen MR) is 206 cm³/mol. The Hall–Kier alpha value is -4.92. The molecule has 9 atom stereocenters. The van der Waals surface area contributed by atoms with Crippen LogP contribution in [0.2, 0.25) is 0 Å². The monoisotopic (exact) mass is 775 g/mol. The molecule has 1 amide bonds. The quantitative estimate of drug-likeness (QED) is 0.290. The molecule has 3 heterocycles. The number of phenolic OH excluding ortho intramolecular Hbond substituents is 1. The first kappa shape index (κ1) is 42.2. The fraction of sp³-hybridized carbons (Fsp3) is 0.524. The molecule has 5 rings (SSSR count). The van der Waals surface area contributed by atoms with Crippen LogP contribution in [0.1, 0.15) is 100 Å². The molecule has 2 aromatic rings. The largest absolute Gasteiger partial charge is 0.507 e. The molecule has 0 fully saturated rings. The lowest BCUT2D eigenvalue weighted by atomic mass is 9.78. The van der Waals surface area contributed by atoms with Crippen LogP contribution in [-0.4, -0.2) is 91.8 Å². The Kier molecular flexibility index (Phi) is 12.3. The van der Waals surface area contributed by atoms with Crippen molar-refractivity contribution in [3.63, 3.8) is 0 Å². The van der Waals surface area contributed by atoms with Crippen LogP contribution in [0.25, 0.3) is 11.3 Å². The average Bonchev–Trinajstić information content (AvgIpc) is 3.67. The number of carbonyl (C=O) groups is 4. The number of nitrogens with one attached hydrogen (secondary N) is 1. The Labute approximate surface area is 326 Å². The number of amides is 1. The molecule has 5 bridgehead atoms. The highest BCUT2D eigenvalue weighted by atomic mass is 16.7. The van der Waals surface area contributed by atoms with Crippen LogP contribution in [0.4, 0.5) is 0 Å². The fourth-order valence-electron chi connectivity index (χ4n) is 7.67. The highest BCUT2D eigenvalue weighted by molar-refractivity contribution is 6.56. The summed E-state index contributed by atoms with van der Waals surface area (Å²) in [4.78, 5) is 66.9. The molecule has 1 aliphatic carbocycles. The first-order valence-electron chi connectivity index (χ1n) is 18.9. The van der Waals surface area contributed by atoms with E-state index in [0.29, 0.717) is 12.2 Å². The van der Waals surface area contributed by atoms with Crippen molar-refractivity contribution in [2.75, 3.05) is 7.11 Å². The van der Waals surface area contributed by atoms with Crippen LogP contribution >= 0.6 is 0 Å². The number of ketones is 2. The summed E-state index contributed by atoms with van der Waals surface area (Å²) in [6.07, 6.45) is 4.19. The van der Waals surface area contributed by atoms with Crippen molar-refractivity contribution in [1.82, 2.24) is 9.97 Å². The molecule has 0 radical (unpaired) electrons. The Morgan fingerprint density at radius 1 is 1.00 bits per heavy atom. The van der Waals surface area contributed by atoms with Gasteiger partial charge >= 0.3 is 11.8 Å². The van der Waals surface area contributed by atoms with E-state index in [1.807, 2.05) is 13.8 Å². The third-order valence-electron chi connectivity index (χ3n) is 11.0. The van der Waals surface area contributed by atoms with Crippen molar-refractivity contribution in [2.24, 2.45) is 34.6 Å². The number of H-pyrrole nitrogens is 1. The zero-order valence-electron chi connectivity index (χ0n) is 33.8. The molecular formula is C42H53N3O11. The Morgan fingerprint density at radius 3 is 2.30 bits per heavy atom. The van der Waals surface area contributed by atoms with Crippen molar-refractivity contribution in [2.45, 2.75) is 106 Å². The molecule has 14 heteroatoms. The first-order valence-corrected chi connectivity index (χ1v) is 18.9. The minimum atomic E-state index is -1.97. The van der Waals surface area contributed by atoms with Crippen molar-refractivity contribution in [3.05, 3.63) is 64.3 Å². The van der Waals surface area contributed by atoms with Gasteiger partial charge in [0.25, 0.3) is 11.7 Å². The number of aromatic hydroxyl groups is 1. The normalized spacial score (nSPS) is 31.9. The van der Waals surface area contributed by atoms with Gasteiger partial charge in [-0.15, -0.1) is 0 Å². The number of aliphatic imine (C=N–C) groups is 1. The number of phenols is 1. The summed E-state index contributed by atoms with van der Waals surface area (Å²) in [5, 5.41) is 34.4. The summed E-state index contributed by atoms with van der Waals surface area (Å²) >= 11 is 0. The Balaban J connectivity index is 1.71. The van der Waals surface area contributed by atoms with Gasteiger partial charge in [0.1, 0.15) is 29.1 Å². The number of ether oxygens (including phenoxy) is 4. The minimum absolute atomic E-state index is 0.00166. The smallest absolute Gasteiger partial charge is 0.312 e. The van der Waals surface area contributed by atoms with E-state index in [0.717, 1.165) is 0 Å². The summed E-state index contributed by atoms with van der Waals surface area (Å²) < 4.78 is 23.7. The summed E-state index contributed by atoms with van der Waals surface area (Å²) in [5.74, 6) is -6.97. The SMILES string of the molecule is CO[C@H]1/C=C/O[C@@]2(C)Oc3c(C)c(O)c4c(c3C2=O)-c2nc(CC(C)C)[nH]c2C(=NC(=O)/C(C)=C\C=C\[C@@H](C)[C@H](O)[C@@H](C)[C@H](O)[C@@H](C)[C@H](OC(C)=O)[C@@H]1C)C4=O. The van der Waals surface area contributed by atoms with E-state index in [1.165, 1.54) is 53.2 Å². The average molecular weight is 776 g/mol. The molecule has 14 nitrogen and oxygen atoms in total. The number of aliphatic hydroxyl groups is 2. The topological polar surface area (TPSA) is 207 Å². The van der Waals surface area contributed by atoms with Crippen molar-refractivity contribution >= 4 is 29.2 Å². The number of rotatable bonds is 4. The number of hydrogen-bond donors (Lipinski definition) is 4. The van der Waals surface area contributed by atoms with E-state index in [4.69, 9.17) is 23.9 Å². The van der Waals surface area contributed by atoms with E-state index >= 15 is 0 Å². The number of fused-ring (bicyclic) bond motifs is 4. The van der Waals surface area contributed by atoms with Crippen molar-refractivity contribution in [1.29, 1.82) is 0 Å². The standard InChI is InChI=1S/C42H53N3O11/c1-18(2)17-27-43-31-28-29-36(49)24(8)39-30(28)40(51)42(10,56-39)54-16-15-26(53-11)21(5)38(55-25(9)46)23(7)35(48)22(6)34(47)19(3)13-12-14-20(4)41(52)45-33(37(29)50)32(31)44-27/h12-16,18-19,21-23,26,34-35,38,47-49H,17H2,1-11H3,(H,43,44)/b13-12+,16-15+,20-14-,45-33?/t19-,21-,22-,23-,26+,34+,35+,38-,42+/m1/s1. The number of imidazole rings is 1. The zero-order chi connectivity index (χ0) is 41.5. The van der Waals surface area contributed by atoms with Gasteiger partial charge in [-0.25, -0.2) is 9.98 Å². The number of allylic oxidation sites excluding steroid dienone is 2. The summed E-state index contributed by atoms with van der Waals surface area (Å²) in [7, 11) is 1.45. The molecular weight excluding hydrogens is 722 g/mol. The fourth-order valence-corrected chi connectivity index (χ4v) is 7.67. The van der Waals surface area contributed by atoms with Crippen LogP contribution in [-0.2, 0) is 30.2 Å². The number of nitrogens with zero attached hydrogens (tertiary/aromatic N) is 2. The third kappa shape index (κ3) is 7.74. The lowest BCUT2D eigenvalue weighted by molar-refractivity contribution is -0.160. The van der Waals surface area contributed by atoms with Crippen molar-refractivity contribution in [3.8, 4) is 22.8 Å². The number of hydrogen-bond acceptors (Lipinski definition) is 12. The third-order valence-corrected chi connectivity index (χ3v) is 11.0.